The second kappa shape index (κ2) is 11.4. The molecule has 8 nitrogen and oxygen atoms in total. The van der Waals surface area contributed by atoms with E-state index in [4.69, 9.17) is 16.6 Å². The summed E-state index contributed by atoms with van der Waals surface area (Å²) in [6.07, 6.45) is 7.33. The summed E-state index contributed by atoms with van der Waals surface area (Å²) >= 11 is 0. The first-order valence-corrected chi connectivity index (χ1v) is 13.4. The van der Waals surface area contributed by atoms with Gasteiger partial charge in [-0.3, -0.25) is 19.0 Å². The van der Waals surface area contributed by atoms with E-state index in [-0.39, 0.29) is 24.3 Å². The van der Waals surface area contributed by atoms with Crippen molar-refractivity contribution in [1.29, 1.82) is 0 Å². The van der Waals surface area contributed by atoms with Crippen molar-refractivity contribution in [3.8, 4) is 11.1 Å². The van der Waals surface area contributed by atoms with Crippen LogP contribution in [-0.2, 0) is 11.2 Å². The Morgan fingerprint density at radius 3 is 2.42 bits per heavy atom. The minimum atomic E-state index is -0.836. The van der Waals surface area contributed by atoms with Crippen LogP contribution in [0.2, 0.25) is 0 Å². The van der Waals surface area contributed by atoms with Crippen molar-refractivity contribution in [2.75, 3.05) is 11.9 Å². The molecule has 1 saturated carbocycles. The van der Waals surface area contributed by atoms with Gasteiger partial charge in [0, 0.05) is 41.3 Å². The van der Waals surface area contributed by atoms with E-state index in [1.165, 1.54) is 19.3 Å². The van der Waals surface area contributed by atoms with Gasteiger partial charge < -0.3 is 21.9 Å². The lowest BCUT2D eigenvalue weighted by Crippen LogP contribution is -2.31. The second-order valence-corrected chi connectivity index (χ2v) is 11.1. The van der Waals surface area contributed by atoms with E-state index in [1.54, 1.807) is 0 Å². The van der Waals surface area contributed by atoms with Crippen LogP contribution in [0.3, 0.4) is 0 Å². The predicted octanol–water partition coefficient (Wildman–Crippen LogP) is 5.18. The Balaban J connectivity index is 0.000000505. The Labute approximate surface area is 223 Å². The van der Waals surface area contributed by atoms with Crippen LogP contribution in [0, 0.1) is 5.41 Å². The quantitative estimate of drug-likeness (QED) is 0.354. The summed E-state index contributed by atoms with van der Waals surface area (Å²) in [5.74, 6) is -1.11. The van der Waals surface area contributed by atoms with E-state index >= 15 is 0 Å². The van der Waals surface area contributed by atoms with E-state index in [9.17, 15) is 14.4 Å². The third kappa shape index (κ3) is 5.91. The number of carboxylic acid groups (broad SMARTS) is 1. The lowest BCUT2D eigenvalue weighted by molar-refractivity contribution is -0.136. The van der Waals surface area contributed by atoms with Crippen LogP contribution in [0.25, 0.3) is 22.0 Å². The molecule has 2 aromatic carbocycles. The van der Waals surface area contributed by atoms with Crippen molar-refractivity contribution in [1.82, 2.24) is 4.57 Å². The maximum atomic E-state index is 13.1. The maximum Gasteiger partial charge on any atom is 0.304 e. The fourth-order valence-corrected chi connectivity index (χ4v) is 5.70. The highest BCUT2D eigenvalue weighted by Crippen LogP contribution is 2.43. The third-order valence-corrected chi connectivity index (χ3v) is 7.39. The first-order chi connectivity index (χ1) is 18.1. The zero-order valence-corrected chi connectivity index (χ0v) is 22.3. The minimum absolute atomic E-state index is 0.0694. The lowest BCUT2D eigenvalue weighted by Gasteiger charge is -2.30. The number of benzene rings is 2. The molecule has 0 radical (unpaired) electrons. The Morgan fingerprint density at radius 2 is 1.79 bits per heavy atom. The van der Waals surface area contributed by atoms with Gasteiger partial charge in [-0.15, -0.1) is 0 Å². The summed E-state index contributed by atoms with van der Waals surface area (Å²) in [5, 5.41) is 12.5. The number of hydrogen-bond donors (Lipinski definition) is 4. The fraction of sp³-hybridized carbons (Fsp3) is 0.433. The van der Waals surface area contributed by atoms with Crippen LogP contribution in [0.15, 0.2) is 42.5 Å². The Kier molecular flexibility index (Phi) is 8.21. The summed E-state index contributed by atoms with van der Waals surface area (Å²) in [7, 11) is 0. The number of primary amides is 1. The van der Waals surface area contributed by atoms with Crippen molar-refractivity contribution < 1.29 is 19.5 Å². The normalized spacial score (nSPS) is 16.9. The summed E-state index contributed by atoms with van der Waals surface area (Å²) in [6.45, 7) is 4.54. The average molecular weight is 519 g/mol. The molecule has 0 atom stereocenters. The lowest BCUT2D eigenvalue weighted by atomic mass is 9.80. The van der Waals surface area contributed by atoms with Crippen LogP contribution in [0.1, 0.15) is 79.6 Å². The van der Waals surface area contributed by atoms with Crippen molar-refractivity contribution in [2.45, 2.75) is 71.3 Å². The first-order valence-electron chi connectivity index (χ1n) is 13.4. The molecule has 1 aromatic heterocycles. The van der Waals surface area contributed by atoms with Gasteiger partial charge in [0.2, 0.25) is 5.91 Å². The van der Waals surface area contributed by atoms with E-state index in [0.717, 1.165) is 52.7 Å². The molecule has 0 saturated heterocycles. The van der Waals surface area contributed by atoms with Gasteiger partial charge in [0.25, 0.3) is 5.91 Å². The van der Waals surface area contributed by atoms with Gasteiger partial charge in [-0.05, 0) is 48.4 Å². The van der Waals surface area contributed by atoms with Gasteiger partial charge in [-0.2, -0.15) is 0 Å². The van der Waals surface area contributed by atoms with Crippen LogP contribution in [-0.4, -0.2) is 40.0 Å². The number of carbonyl (C=O) groups is 3. The monoisotopic (exact) mass is 518 g/mol. The molecule has 2 aliphatic rings. The number of aliphatic carboxylic acids is 1. The highest BCUT2D eigenvalue weighted by Gasteiger charge is 2.35. The molecule has 202 valence electrons. The van der Waals surface area contributed by atoms with Crippen molar-refractivity contribution in [2.24, 2.45) is 16.9 Å². The van der Waals surface area contributed by atoms with Crippen molar-refractivity contribution >= 4 is 34.4 Å². The molecule has 38 heavy (non-hydrogen) atoms. The molecule has 2 heterocycles. The molecular formula is C30H38N4O4. The maximum absolute atomic E-state index is 13.1. The van der Waals surface area contributed by atoms with Crippen LogP contribution in [0.5, 0.6) is 0 Å². The van der Waals surface area contributed by atoms with Gasteiger partial charge >= 0.3 is 5.97 Å². The minimum Gasteiger partial charge on any atom is -0.481 e. The number of carboxylic acids is 1. The first kappa shape index (κ1) is 27.4. The molecule has 0 unspecified atom stereocenters. The van der Waals surface area contributed by atoms with Crippen LogP contribution < -0.4 is 16.8 Å². The molecule has 5 rings (SSSR count). The molecule has 0 spiro atoms. The van der Waals surface area contributed by atoms with Gasteiger partial charge in [0.15, 0.2) is 0 Å². The molecule has 6 N–H and O–H groups in total. The molecule has 1 amide bonds. The number of amides is 1. The number of hydrogen-bond acceptors (Lipinski definition) is 5. The standard InChI is InChI=1S/C27H31N3O2.C3H7NO2/c1-27(2)15-23-25(20-10-6-7-11-22(20)30(23)24(31)16-27)17-12-13-19(26(28)32)21(14-17)29-18-8-4-3-5-9-18;4-2-1-3(5)6/h6-7,10-14,18,29H,3-5,8-9,15-16H2,1-2H3,(H2,28,32);1-2,4H2,(H,5,6). The number of rotatable bonds is 6. The molecule has 0 bridgehead atoms. The number of nitrogens with zero attached hydrogens (tertiary/aromatic N) is 1. The highest BCUT2D eigenvalue weighted by atomic mass is 16.4. The third-order valence-electron chi connectivity index (χ3n) is 7.39. The SMILES string of the molecule is CC1(C)CC(=O)n2c(c(-c3ccc(C(N)=O)c(NC4CCCCC4)c3)c3ccccc32)C1.NCCC(=O)O. The Bertz CT molecular complexity index is 1350. The number of aromatic nitrogens is 1. The Hall–Kier alpha value is -3.65. The van der Waals surface area contributed by atoms with E-state index in [1.807, 2.05) is 34.9 Å². The van der Waals surface area contributed by atoms with Crippen LogP contribution >= 0.6 is 0 Å². The van der Waals surface area contributed by atoms with Gasteiger partial charge in [0.05, 0.1) is 17.5 Å². The van der Waals surface area contributed by atoms with Crippen LogP contribution in [0.4, 0.5) is 5.69 Å². The largest absolute Gasteiger partial charge is 0.481 e. The number of fused-ring (bicyclic) bond motifs is 3. The van der Waals surface area contributed by atoms with Gasteiger partial charge in [-0.25, -0.2) is 0 Å². The summed E-state index contributed by atoms with van der Waals surface area (Å²) in [5.41, 5.74) is 15.9. The van der Waals surface area contributed by atoms with Gasteiger partial charge in [-0.1, -0.05) is 57.4 Å². The van der Waals surface area contributed by atoms with Crippen molar-refractivity contribution in [3.05, 3.63) is 53.7 Å². The predicted molar refractivity (Wildman–Crippen MR) is 150 cm³/mol. The zero-order valence-electron chi connectivity index (χ0n) is 22.3. The fourth-order valence-electron chi connectivity index (χ4n) is 5.70. The van der Waals surface area contributed by atoms with Gasteiger partial charge in [0.1, 0.15) is 0 Å². The molecule has 8 heteroatoms. The number of anilines is 1. The summed E-state index contributed by atoms with van der Waals surface area (Å²) < 4.78 is 1.91. The Morgan fingerprint density at radius 1 is 1.08 bits per heavy atom. The molecule has 1 fully saturated rings. The second-order valence-electron chi connectivity index (χ2n) is 11.1. The van der Waals surface area contributed by atoms with Crippen molar-refractivity contribution in [3.63, 3.8) is 0 Å². The topological polar surface area (TPSA) is 140 Å². The molecule has 1 aliphatic heterocycles. The average Bonchev–Trinajstić information content (AvgIpc) is 3.18. The number of nitrogens with two attached hydrogens (primary N) is 2. The number of carbonyl (C=O) groups excluding carboxylic acids is 2. The number of para-hydroxylation sites is 1. The van der Waals surface area contributed by atoms with E-state index < -0.39 is 11.9 Å². The van der Waals surface area contributed by atoms with E-state index in [0.29, 0.717) is 18.0 Å². The van der Waals surface area contributed by atoms with E-state index in [2.05, 4.69) is 31.3 Å². The molecular weight excluding hydrogens is 480 g/mol. The molecule has 3 aromatic rings. The number of nitrogens with one attached hydrogen (secondary N) is 1. The highest BCUT2D eigenvalue weighted by molar-refractivity contribution is 6.06. The summed E-state index contributed by atoms with van der Waals surface area (Å²) in [4.78, 5) is 34.8. The molecule has 1 aliphatic carbocycles. The zero-order chi connectivity index (χ0) is 27.4. The summed E-state index contributed by atoms with van der Waals surface area (Å²) in [6, 6.07) is 14.3. The smallest absolute Gasteiger partial charge is 0.304 e.